The molecule has 0 amide bonds. The van der Waals surface area contributed by atoms with Crippen LogP contribution in [-0.4, -0.2) is 6.10 Å². The number of aryl methyl sites for hydroxylation is 1. The Balaban J connectivity index is 0.00000205. The minimum atomic E-state index is -1.67. The van der Waals surface area contributed by atoms with Gasteiger partial charge in [0.25, 0.3) is 0 Å². The molecule has 1 heterocycles. The van der Waals surface area contributed by atoms with Crippen molar-refractivity contribution in [1.82, 2.24) is 0 Å². The summed E-state index contributed by atoms with van der Waals surface area (Å²) in [5, 5.41) is 0. The number of rotatable bonds is 3. The highest BCUT2D eigenvalue weighted by molar-refractivity contribution is 5.89. The zero-order valence-corrected chi connectivity index (χ0v) is 24.2. The summed E-state index contributed by atoms with van der Waals surface area (Å²) in [7, 11) is 0. The predicted octanol–water partition coefficient (Wildman–Crippen LogP) is 9.80. The molecule has 0 radical (unpaired) electrons. The molecule has 1 aliphatic heterocycles. The molecule has 0 unspecified atom stereocenters. The molecule has 0 bridgehead atoms. The molecule has 0 spiro atoms. The SMILES string of the molecule is C=C.Cc1ccccc1C1=Cc2cc(C(C)(C)C)cc(C(C)(C)C)c2O[C@@H]1Cc1c(F)c(C)c(F)c(F)c1F. The fourth-order valence-electron chi connectivity index (χ4n) is 4.82. The highest BCUT2D eigenvalue weighted by Gasteiger charge is 2.34. The van der Waals surface area contributed by atoms with Crippen LogP contribution < -0.4 is 4.74 Å². The van der Waals surface area contributed by atoms with Crippen molar-refractivity contribution in [3.05, 3.63) is 112 Å². The third-order valence-electron chi connectivity index (χ3n) is 7.13. The molecule has 0 saturated carbocycles. The van der Waals surface area contributed by atoms with Crippen LogP contribution in [0.4, 0.5) is 17.6 Å². The van der Waals surface area contributed by atoms with Gasteiger partial charge in [-0.25, -0.2) is 17.6 Å². The Morgan fingerprint density at radius 1 is 0.795 bits per heavy atom. The van der Waals surface area contributed by atoms with Crippen LogP contribution in [0.25, 0.3) is 11.6 Å². The summed E-state index contributed by atoms with van der Waals surface area (Å²) >= 11 is 0. The first-order valence-electron chi connectivity index (χ1n) is 13.1. The van der Waals surface area contributed by atoms with Gasteiger partial charge in [-0.15, -0.1) is 13.2 Å². The van der Waals surface area contributed by atoms with Gasteiger partial charge in [0.1, 0.15) is 17.7 Å². The second-order valence-electron chi connectivity index (χ2n) is 12.0. The van der Waals surface area contributed by atoms with Gasteiger partial charge in [0.15, 0.2) is 17.5 Å². The van der Waals surface area contributed by atoms with Crippen LogP contribution in [0.3, 0.4) is 0 Å². The number of hydrogen-bond donors (Lipinski definition) is 0. The second kappa shape index (κ2) is 11.0. The molecule has 3 aromatic carbocycles. The van der Waals surface area contributed by atoms with Gasteiger partial charge >= 0.3 is 0 Å². The number of fused-ring (bicyclic) bond motifs is 1. The molecule has 1 nitrogen and oxygen atoms in total. The summed E-state index contributed by atoms with van der Waals surface area (Å²) in [6, 6.07) is 11.9. The maximum Gasteiger partial charge on any atom is 0.195 e. The van der Waals surface area contributed by atoms with Gasteiger partial charge in [-0.05, 0) is 53.5 Å². The molecule has 1 atom stereocenters. The van der Waals surface area contributed by atoms with E-state index in [1.807, 2.05) is 37.3 Å². The maximum absolute atomic E-state index is 15.1. The normalized spacial score (nSPS) is 15.1. The molecule has 0 N–H and O–H groups in total. The maximum atomic E-state index is 15.1. The summed E-state index contributed by atoms with van der Waals surface area (Å²) in [5.74, 6) is -5.14. The van der Waals surface area contributed by atoms with Crippen molar-refractivity contribution in [3.8, 4) is 5.75 Å². The van der Waals surface area contributed by atoms with Gasteiger partial charge < -0.3 is 4.74 Å². The first kappa shape index (κ1) is 30.2. The monoisotopic (exact) mass is 538 g/mol. The lowest BCUT2D eigenvalue weighted by Gasteiger charge is -2.35. The summed E-state index contributed by atoms with van der Waals surface area (Å²) in [6.07, 6.45) is 0.905. The van der Waals surface area contributed by atoms with Crippen LogP contribution in [-0.2, 0) is 17.3 Å². The van der Waals surface area contributed by atoms with Crippen molar-refractivity contribution in [2.45, 2.75) is 78.7 Å². The summed E-state index contributed by atoms with van der Waals surface area (Å²) in [5.41, 5.74) is 4.12. The van der Waals surface area contributed by atoms with Crippen molar-refractivity contribution < 1.29 is 22.3 Å². The molecule has 0 aromatic heterocycles. The fraction of sp³-hybridized carbons (Fsp3) is 0.353. The number of benzene rings is 3. The topological polar surface area (TPSA) is 9.23 Å². The molecule has 0 fully saturated rings. The molecule has 0 saturated heterocycles. The number of hydrogen-bond acceptors (Lipinski definition) is 1. The van der Waals surface area contributed by atoms with Gasteiger partial charge in [0, 0.05) is 34.2 Å². The van der Waals surface area contributed by atoms with Crippen LogP contribution in [0.1, 0.15) is 80.5 Å². The molecule has 39 heavy (non-hydrogen) atoms. The fourth-order valence-corrected chi connectivity index (χ4v) is 4.82. The minimum absolute atomic E-state index is 0.113. The first-order valence-corrected chi connectivity index (χ1v) is 13.1. The number of ether oxygens (including phenoxy) is 1. The molecule has 3 aromatic rings. The predicted molar refractivity (Wildman–Crippen MR) is 153 cm³/mol. The van der Waals surface area contributed by atoms with E-state index in [2.05, 4.69) is 66.8 Å². The van der Waals surface area contributed by atoms with Gasteiger partial charge in [0.05, 0.1) is 0 Å². The quantitative estimate of drug-likeness (QED) is 0.140. The molecular weight excluding hydrogens is 500 g/mol. The highest BCUT2D eigenvalue weighted by Crippen LogP contribution is 2.45. The molecule has 4 rings (SSSR count). The van der Waals surface area contributed by atoms with Crippen molar-refractivity contribution in [1.29, 1.82) is 0 Å². The second-order valence-corrected chi connectivity index (χ2v) is 12.0. The van der Waals surface area contributed by atoms with E-state index in [4.69, 9.17) is 4.74 Å². The van der Waals surface area contributed by atoms with E-state index in [1.165, 1.54) is 0 Å². The van der Waals surface area contributed by atoms with Crippen LogP contribution >= 0.6 is 0 Å². The Morgan fingerprint density at radius 3 is 1.97 bits per heavy atom. The Kier molecular flexibility index (Phi) is 8.54. The van der Waals surface area contributed by atoms with Crippen LogP contribution in [0.2, 0.25) is 0 Å². The summed E-state index contributed by atoms with van der Waals surface area (Å²) < 4.78 is 64.9. The van der Waals surface area contributed by atoms with Gasteiger partial charge in [0.2, 0.25) is 0 Å². The molecule has 1 aliphatic rings. The largest absolute Gasteiger partial charge is 0.484 e. The third-order valence-corrected chi connectivity index (χ3v) is 7.13. The van der Waals surface area contributed by atoms with Gasteiger partial charge in [-0.2, -0.15) is 0 Å². The van der Waals surface area contributed by atoms with E-state index in [9.17, 15) is 13.2 Å². The summed E-state index contributed by atoms with van der Waals surface area (Å²) in [4.78, 5) is 0. The van der Waals surface area contributed by atoms with E-state index in [1.54, 1.807) is 0 Å². The average molecular weight is 539 g/mol. The molecule has 0 aliphatic carbocycles. The zero-order chi connectivity index (χ0) is 29.4. The third kappa shape index (κ3) is 5.83. The van der Waals surface area contributed by atoms with Crippen LogP contribution in [0.5, 0.6) is 5.75 Å². The lowest BCUT2D eigenvalue weighted by Crippen LogP contribution is -2.29. The highest BCUT2D eigenvalue weighted by atomic mass is 19.2. The number of halogens is 4. The lowest BCUT2D eigenvalue weighted by molar-refractivity contribution is 0.244. The molecule has 5 heteroatoms. The van der Waals surface area contributed by atoms with Crippen molar-refractivity contribution in [3.63, 3.8) is 0 Å². The lowest BCUT2D eigenvalue weighted by atomic mass is 9.77. The average Bonchev–Trinajstić information content (AvgIpc) is 2.88. The molecule has 208 valence electrons. The van der Waals surface area contributed by atoms with E-state index in [0.29, 0.717) is 5.75 Å². The van der Waals surface area contributed by atoms with E-state index >= 15 is 4.39 Å². The minimum Gasteiger partial charge on any atom is -0.484 e. The Labute approximate surface area is 230 Å². The van der Waals surface area contributed by atoms with E-state index < -0.39 is 40.5 Å². The Hall–Kier alpha value is -3.34. The van der Waals surface area contributed by atoms with Gasteiger partial charge in [-0.3, -0.25) is 0 Å². The van der Waals surface area contributed by atoms with Crippen LogP contribution in [0, 0.1) is 37.1 Å². The molecular formula is C34H38F4O. The summed E-state index contributed by atoms with van der Waals surface area (Å²) in [6.45, 7) is 21.8. The smallest absolute Gasteiger partial charge is 0.195 e. The van der Waals surface area contributed by atoms with E-state index in [-0.39, 0.29) is 17.3 Å². The van der Waals surface area contributed by atoms with Crippen molar-refractivity contribution in [2.24, 2.45) is 0 Å². The Bertz CT molecular complexity index is 1390. The van der Waals surface area contributed by atoms with Crippen molar-refractivity contribution in [2.75, 3.05) is 0 Å². The standard InChI is InChI=1S/C32H34F4O.C2H4/c1-17-11-9-10-12-21(17)22-14-19-13-20(31(3,4)5)15-24(32(6,7)8)30(19)37-25(22)16-23-26(33)18(2)27(34)29(36)28(23)35;1-2/h9-15,25H,16H2,1-8H3;1-2H2/t25-;/m1./s1. The first-order chi connectivity index (χ1) is 18.1. The zero-order valence-electron chi connectivity index (χ0n) is 24.2. The van der Waals surface area contributed by atoms with E-state index in [0.717, 1.165) is 40.3 Å². The van der Waals surface area contributed by atoms with Gasteiger partial charge in [-0.1, -0.05) is 71.9 Å². The van der Waals surface area contributed by atoms with Crippen LogP contribution in [0.15, 0.2) is 49.6 Å². The van der Waals surface area contributed by atoms with Crippen molar-refractivity contribution >= 4 is 11.6 Å². The Morgan fingerprint density at radius 2 is 1.41 bits per heavy atom.